The summed E-state index contributed by atoms with van der Waals surface area (Å²) < 4.78 is 4.93. The Labute approximate surface area is 108 Å². The largest absolute Gasteiger partial charge is 0.382 e. The van der Waals surface area contributed by atoms with Crippen LogP contribution in [0, 0.1) is 0 Å². The third-order valence-corrected chi connectivity index (χ3v) is 2.76. The van der Waals surface area contributed by atoms with E-state index in [2.05, 4.69) is 20.1 Å². The van der Waals surface area contributed by atoms with Gasteiger partial charge in [-0.25, -0.2) is 4.98 Å². The van der Waals surface area contributed by atoms with Crippen molar-refractivity contribution in [2.75, 3.05) is 6.54 Å². The van der Waals surface area contributed by atoms with Gasteiger partial charge < -0.3 is 20.3 Å². The lowest BCUT2D eigenvalue weighted by atomic mass is 10.3. The molecule has 3 rings (SSSR count). The van der Waals surface area contributed by atoms with Crippen molar-refractivity contribution in [2.45, 2.75) is 12.5 Å². The number of rotatable bonds is 4. The normalized spacial score (nSPS) is 12.9. The Morgan fingerprint density at radius 2 is 2.16 bits per heavy atom. The van der Waals surface area contributed by atoms with E-state index in [9.17, 15) is 5.11 Å². The van der Waals surface area contributed by atoms with Gasteiger partial charge in [-0.2, -0.15) is 4.98 Å². The topological polar surface area (TPSA) is 114 Å². The van der Waals surface area contributed by atoms with Gasteiger partial charge in [-0.1, -0.05) is 17.3 Å². The molecule has 1 atom stereocenters. The molecule has 0 amide bonds. The van der Waals surface area contributed by atoms with Crippen LogP contribution < -0.4 is 5.73 Å². The summed E-state index contributed by atoms with van der Waals surface area (Å²) in [6, 6.07) is 7.74. The highest BCUT2D eigenvalue weighted by atomic mass is 16.5. The summed E-state index contributed by atoms with van der Waals surface area (Å²) in [6.07, 6.45) is -0.507. The quantitative estimate of drug-likeness (QED) is 0.629. The van der Waals surface area contributed by atoms with Gasteiger partial charge in [0.15, 0.2) is 5.82 Å². The smallest absolute Gasteiger partial charge is 0.256 e. The molecule has 0 bridgehead atoms. The Balaban J connectivity index is 1.82. The highest BCUT2D eigenvalue weighted by molar-refractivity contribution is 5.74. The number of aromatic amines is 1. The minimum Gasteiger partial charge on any atom is -0.382 e. The summed E-state index contributed by atoms with van der Waals surface area (Å²) in [5, 5.41) is 13.3. The number of fused-ring (bicyclic) bond motifs is 1. The molecular formula is C12H13N5O2. The van der Waals surface area contributed by atoms with Gasteiger partial charge in [-0.05, 0) is 12.1 Å². The number of imidazole rings is 1. The fourth-order valence-corrected chi connectivity index (χ4v) is 1.81. The molecule has 1 aromatic carbocycles. The van der Waals surface area contributed by atoms with Crippen molar-refractivity contribution in [2.24, 2.45) is 5.73 Å². The molecule has 98 valence electrons. The van der Waals surface area contributed by atoms with Crippen LogP contribution in [-0.2, 0) is 6.42 Å². The Bertz CT molecular complexity index is 657. The predicted octanol–water partition coefficient (Wildman–Crippen LogP) is 0.529. The summed E-state index contributed by atoms with van der Waals surface area (Å²) in [7, 11) is 0. The number of aromatic nitrogens is 4. The van der Waals surface area contributed by atoms with Crippen LogP contribution in [0.4, 0.5) is 0 Å². The van der Waals surface area contributed by atoms with Crippen LogP contribution in [0.1, 0.15) is 23.6 Å². The maximum atomic E-state index is 9.48. The summed E-state index contributed by atoms with van der Waals surface area (Å²) in [5.41, 5.74) is 7.17. The number of aliphatic hydroxyl groups is 1. The maximum Gasteiger partial charge on any atom is 0.256 e. The Morgan fingerprint density at radius 3 is 2.95 bits per heavy atom. The van der Waals surface area contributed by atoms with Gasteiger partial charge in [0.2, 0.25) is 0 Å². The van der Waals surface area contributed by atoms with Crippen molar-refractivity contribution in [1.82, 2.24) is 20.1 Å². The lowest BCUT2D eigenvalue weighted by Crippen LogP contribution is -2.11. The molecule has 7 heteroatoms. The first kappa shape index (κ1) is 11.8. The third kappa shape index (κ3) is 2.33. The summed E-state index contributed by atoms with van der Waals surface area (Å²) >= 11 is 0. The number of H-pyrrole nitrogens is 1. The molecule has 0 radical (unpaired) electrons. The van der Waals surface area contributed by atoms with E-state index in [0.29, 0.717) is 12.2 Å². The van der Waals surface area contributed by atoms with E-state index in [0.717, 1.165) is 16.9 Å². The van der Waals surface area contributed by atoms with Gasteiger partial charge >= 0.3 is 0 Å². The molecule has 2 aromatic heterocycles. The van der Waals surface area contributed by atoms with Crippen molar-refractivity contribution in [3.8, 4) is 0 Å². The molecular weight excluding hydrogens is 246 g/mol. The van der Waals surface area contributed by atoms with Gasteiger partial charge in [0, 0.05) is 6.54 Å². The molecule has 0 unspecified atom stereocenters. The molecule has 0 saturated carbocycles. The van der Waals surface area contributed by atoms with Crippen molar-refractivity contribution < 1.29 is 9.63 Å². The molecule has 3 aromatic rings. The number of aliphatic hydroxyl groups excluding tert-OH is 1. The fraction of sp³-hybridized carbons (Fsp3) is 0.250. The Hall–Kier alpha value is -2.25. The molecule has 0 aliphatic carbocycles. The number of nitrogens with two attached hydrogens (primary N) is 1. The van der Waals surface area contributed by atoms with Crippen LogP contribution in [0.2, 0.25) is 0 Å². The first-order valence-corrected chi connectivity index (χ1v) is 5.90. The highest BCUT2D eigenvalue weighted by Gasteiger charge is 2.15. The molecule has 4 N–H and O–H groups in total. The second-order valence-corrected chi connectivity index (χ2v) is 4.18. The molecule has 2 heterocycles. The zero-order valence-electron chi connectivity index (χ0n) is 10.1. The first-order valence-electron chi connectivity index (χ1n) is 5.90. The molecule has 7 nitrogen and oxygen atoms in total. The van der Waals surface area contributed by atoms with E-state index < -0.39 is 6.10 Å². The molecule has 0 aliphatic rings. The predicted molar refractivity (Wildman–Crippen MR) is 67.2 cm³/mol. The van der Waals surface area contributed by atoms with Crippen LogP contribution in [0.15, 0.2) is 28.8 Å². The summed E-state index contributed by atoms with van der Waals surface area (Å²) in [4.78, 5) is 11.7. The molecule has 0 fully saturated rings. The zero-order valence-corrected chi connectivity index (χ0v) is 10.1. The second kappa shape index (κ2) is 4.79. The summed E-state index contributed by atoms with van der Waals surface area (Å²) in [5.74, 6) is 1.34. The number of benzene rings is 1. The first-order chi connectivity index (χ1) is 9.26. The van der Waals surface area contributed by atoms with Crippen molar-refractivity contribution in [3.05, 3.63) is 41.8 Å². The van der Waals surface area contributed by atoms with Crippen molar-refractivity contribution in [3.63, 3.8) is 0 Å². The van der Waals surface area contributed by atoms with Crippen LogP contribution >= 0.6 is 0 Å². The van der Waals surface area contributed by atoms with Gasteiger partial charge in [-0.3, -0.25) is 0 Å². The maximum absolute atomic E-state index is 9.48. The van der Waals surface area contributed by atoms with Crippen LogP contribution in [0.3, 0.4) is 0 Å². The average molecular weight is 259 g/mol. The minimum atomic E-state index is -0.920. The molecule has 19 heavy (non-hydrogen) atoms. The molecule has 0 saturated heterocycles. The number of hydrogen-bond acceptors (Lipinski definition) is 6. The van der Waals surface area contributed by atoms with Crippen LogP contribution in [0.25, 0.3) is 11.0 Å². The monoisotopic (exact) mass is 259 g/mol. The van der Waals surface area contributed by atoms with Crippen molar-refractivity contribution >= 4 is 11.0 Å². The van der Waals surface area contributed by atoms with Crippen LogP contribution in [-0.4, -0.2) is 31.8 Å². The minimum absolute atomic E-state index is 0.0479. The number of nitrogens with zero attached hydrogens (tertiary/aromatic N) is 3. The van der Waals surface area contributed by atoms with E-state index in [1.807, 2.05) is 24.3 Å². The lowest BCUT2D eigenvalue weighted by molar-refractivity contribution is 0.141. The fourth-order valence-electron chi connectivity index (χ4n) is 1.81. The lowest BCUT2D eigenvalue weighted by Gasteiger charge is -1.97. The number of hydrogen-bond donors (Lipinski definition) is 3. The van der Waals surface area contributed by atoms with E-state index >= 15 is 0 Å². The van der Waals surface area contributed by atoms with Crippen LogP contribution in [0.5, 0.6) is 0 Å². The SMILES string of the molecule is NC[C@H](O)c1nc(Cc2nc3ccccc3[nH]2)no1. The second-order valence-electron chi connectivity index (χ2n) is 4.18. The van der Waals surface area contributed by atoms with Gasteiger partial charge in [0.1, 0.15) is 11.9 Å². The van der Waals surface area contributed by atoms with E-state index in [1.165, 1.54) is 0 Å². The number of nitrogens with one attached hydrogen (secondary N) is 1. The average Bonchev–Trinajstić information content (AvgIpc) is 3.04. The molecule has 0 aliphatic heterocycles. The van der Waals surface area contributed by atoms with E-state index in [4.69, 9.17) is 10.3 Å². The Kier molecular flexibility index (Phi) is 2.98. The van der Waals surface area contributed by atoms with E-state index in [-0.39, 0.29) is 12.4 Å². The van der Waals surface area contributed by atoms with Gasteiger partial charge in [0.05, 0.1) is 17.5 Å². The third-order valence-electron chi connectivity index (χ3n) is 2.76. The van der Waals surface area contributed by atoms with Gasteiger partial charge in [0.25, 0.3) is 5.89 Å². The summed E-state index contributed by atoms with van der Waals surface area (Å²) in [6.45, 7) is 0.0479. The standard InChI is InChI=1S/C12H13N5O2/c13-6-9(18)12-16-11(17-19-12)5-10-14-7-3-1-2-4-8(7)15-10/h1-4,9,18H,5-6,13H2,(H,14,15)/t9-/m0/s1. The zero-order chi connectivity index (χ0) is 13.2. The number of para-hydroxylation sites is 2. The van der Waals surface area contributed by atoms with Crippen molar-refractivity contribution in [1.29, 1.82) is 0 Å². The Morgan fingerprint density at radius 1 is 1.32 bits per heavy atom. The van der Waals surface area contributed by atoms with E-state index in [1.54, 1.807) is 0 Å². The molecule has 0 spiro atoms. The highest BCUT2D eigenvalue weighted by Crippen LogP contribution is 2.14. The van der Waals surface area contributed by atoms with Gasteiger partial charge in [-0.15, -0.1) is 0 Å².